The molecule has 2 rings (SSSR count). The Bertz CT molecular complexity index is 149. The van der Waals surface area contributed by atoms with Crippen LogP contribution in [0.2, 0.25) is 0 Å². The Labute approximate surface area is 65.1 Å². The van der Waals surface area contributed by atoms with Gasteiger partial charge in [0.2, 0.25) is 0 Å². The highest BCUT2D eigenvalue weighted by Gasteiger charge is 2.40. The van der Waals surface area contributed by atoms with E-state index in [0.717, 1.165) is 0 Å². The van der Waals surface area contributed by atoms with E-state index in [1.165, 1.54) is 0 Å². The van der Waals surface area contributed by atoms with Gasteiger partial charge in [0.15, 0.2) is 0 Å². The average Bonchev–Trinajstić information content (AvgIpc) is 2.33. The first-order chi connectivity index (χ1) is 5.27. The normalized spacial score (nSPS) is 50.7. The molecule has 0 radical (unpaired) electrons. The molecule has 2 heterocycles. The average molecular weight is 160 g/mol. The topological polar surface area (TPSA) is 47.9 Å². The van der Waals surface area contributed by atoms with E-state index >= 15 is 0 Å². The maximum atomic E-state index is 8.97. The fraction of sp³-hybridized carbons (Fsp3) is 1.00. The second kappa shape index (κ2) is 2.71. The first-order valence-corrected chi connectivity index (χ1v) is 3.84. The predicted molar refractivity (Wildman–Crippen MR) is 35.7 cm³/mol. The monoisotopic (exact) mass is 160 g/mol. The van der Waals surface area contributed by atoms with Gasteiger partial charge in [-0.1, -0.05) is 6.92 Å². The van der Waals surface area contributed by atoms with Crippen LogP contribution in [-0.4, -0.2) is 37.0 Å². The molecule has 0 aliphatic carbocycles. The zero-order valence-corrected chi connectivity index (χ0v) is 6.40. The third kappa shape index (κ3) is 1.27. The standard InChI is InChI=1S/C7H12O4/c1-4-2-9-5-3-10-7(8)11-6(4)5/h4-8H,2-3H2,1H3/t4-,5-,6-,7?/m1/s1. The Morgan fingerprint density at radius 3 is 2.91 bits per heavy atom. The van der Waals surface area contributed by atoms with Crippen LogP contribution in [-0.2, 0) is 14.2 Å². The molecule has 0 spiro atoms. The number of fused-ring (bicyclic) bond motifs is 1. The van der Waals surface area contributed by atoms with E-state index in [0.29, 0.717) is 19.1 Å². The minimum Gasteiger partial charge on any atom is -0.373 e. The molecule has 2 aliphatic heterocycles. The predicted octanol–water partition coefficient (Wildman–Crippen LogP) is -0.287. The first-order valence-electron chi connectivity index (χ1n) is 3.84. The lowest BCUT2D eigenvalue weighted by molar-refractivity contribution is -0.329. The van der Waals surface area contributed by atoms with E-state index in [4.69, 9.17) is 19.3 Å². The number of hydrogen-bond acceptors (Lipinski definition) is 4. The Morgan fingerprint density at radius 1 is 1.27 bits per heavy atom. The zero-order valence-electron chi connectivity index (χ0n) is 6.40. The number of hydrogen-bond donors (Lipinski definition) is 1. The summed E-state index contributed by atoms with van der Waals surface area (Å²) in [5.41, 5.74) is 0. The molecule has 0 aromatic rings. The van der Waals surface area contributed by atoms with Gasteiger partial charge in [-0.15, -0.1) is 0 Å². The summed E-state index contributed by atoms with van der Waals surface area (Å²) >= 11 is 0. The van der Waals surface area contributed by atoms with Gasteiger partial charge >= 0.3 is 0 Å². The van der Waals surface area contributed by atoms with Crippen LogP contribution >= 0.6 is 0 Å². The van der Waals surface area contributed by atoms with Gasteiger partial charge in [-0.3, -0.25) is 0 Å². The molecule has 0 bridgehead atoms. The molecule has 64 valence electrons. The van der Waals surface area contributed by atoms with Gasteiger partial charge in [0.05, 0.1) is 19.3 Å². The summed E-state index contributed by atoms with van der Waals surface area (Å²) < 4.78 is 15.3. The molecule has 1 unspecified atom stereocenters. The van der Waals surface area contributed by atoms with Gasteiger partial charge in [0.1, 0.15) is 6.10 Å². The lowest BCUT2D eigenvalue weighted by Gasteiger charge is -2.29. The van der Waals surface area contributed by atoms with E-state index in [-0.39, 0.29) is 12.2 Å². The third-order valence-corrected chi connectivity index (χ3v) is 2.18. The number of aliphatic hydroxyl groups is 1. The summed E-state index contributed by atoms with van der Waals surface area (Å²) in [5, 5.41) is 8.97. The number of ether oxygens (including phenoxy) is 3. The van der Waals surface area contributed by atoms with Crippen molar-refractivity contribution in [2.24, 2.45) is 5.92 Å². The summed E-state index contributed by atoms with van der Waals surface area (Å²) in [5.74, 6) is 0.360. The number of aliphatic hydroxyl groups excluding tert-OH is 1. The molecule has 0 aromatic heterocycles. The van der Waals surface area contributed by atoms with Crippen molar-refractivity contribution in [3.8, 4) is 0 Å². The lowest BCUT2D eigenvalue weighted by Crippen LogP contribution is -2.43. The molecule has 0 aromatic carbocycles. The Morgan fingerprint density at radius 2 is 2.09 bits per heavy atom. The van der Waals surface area contributed by atoms with E-state index < -0.39 is 6.48 Å². The molecular formula is C7H12O4. The quantitative estimate of drug-likeness (QED) is 0.529. The summed E-state index contributed by atoms with van der Waals surface area (Å²) in [6, 6.07) is 0. The van der Waals surface area contributed by atoms with Crippen molar-refractivity contribution in [3.05, 3.63) is 0 Å². The van der Waals surface area contributed by atoms with E-state index in [2.05, 4.69) is 0 Å². The van der Waals surface area contributed by atoms with Crippen LogP contribution in [0.4, 0.5) is 0 Å². The van der Waals surface area contributed by atoms with Crippen LogP contribution < -0.4 is 0 Å². The van der Waals surface area contributed by atoms with Gasteiger partial charge in [-0.2, -0.15) is 0 Å². The maximum Gasteiger partial charge on any atom is 0.269 e. The highest BCUT2D eigenvalue weighted by Crippen LogP contribution is 2.27. The van der Waals surface area contributed by atoms with Crippen molar-refractivity contribution in [2.45, 2.75) is 25.6 Å². The molecule has 0 amide bonds. The van der Waals surface area contributed by atoms with E-state index in [1.807, 2.05) is 6.92 Å². The van der Waals surface area contributed by atoms with Crippen molar-refractivity contribution in [3.63, 3.8) is 0 Å². The molecule has 2 aliphatic rings. The highest BCUT2D eigenvalue weighted by atomic mass is 16.8. The fourth-order valence-electron chi connectivity index (χ4n) is 1.55. The molecule has 2 fully saturated rings. The van der Waals surface area contributed by atoms with Crippen molar-refractivity contribution >= 4 is 0 Å². The Hall–Kier alpha value is -0.160. The van der Waals surface area contributed by atoms with Crippen LogP contribution in [0.25, 0.3) is 0 Å². The van der Waals surface area contributed by atoms with Gasteiger partial charge in [0.25, 0.3) is 6.48 Å². The summed E-state index contributed by atoms with van der Waals surface area (Å²) in [6.45, 7) is 2.13. The largest absolute Gasteiger partial charge is 0.373 e. The molecule has 4 nitrogen and oxygen atoms in total. The zero-order chi connectivity index (χ0) is 7.84. The van der Waals surface area contributed by atoms with Gasteiger partial charge in [-0.05, 0) is 0 Å². The first kappa shape index (κ1) is 7.49. The maximum absolute atomic E-state index is 8.97. The van der Waals surface area contributed by atoms with E-state index in [1.54, 1.807) is 0 Å². The van der Waals surface area contributed by atoms with Crippen LogP contribution in [0.15, 0.2) is 0 Å². The molecular weight excluding hydrogens is 148 g/mol. The van der Waals surface area contributed by atoms with Crippen LogP contribution in [0.1, 0.15) is 6.92 Å². The van der Waals surface area contributed by atoms with Gasteiger partial charge < -0.3 is 19.3 Å². The molecule has 0 saturated carbocycles. The van der Waals surface area contributed by atoms with Crippen LogP contribution in [0.3, 0.4) is 0 Å². The summed E-state index contributed by atoms with van der Waals surface area (Å²) in [7, 11) is 0. The van der Waals surface area contributed by atoms with E-state index in [9.17, 15) is 0 Å². The molecule has 11 heavy (non-hydrogen) atoms. The van der Waals surface area contributed by atoms with Crippen molar-refractivity contribution in [1.29, 1.82) is 0 Å². The van der Waals surface area contributed by atoms with Crippen LogP contribution in [0, 0.1) is 5.92 Å². The second-order valence-electron chi connectivity index (χ2n) is 3.09. The van der Waals surface area contributed by atoms with Gasteiger partial charge in [0, 0.05) is 5.92 Å². The van der Waals surface area contributed by atoms with Gasteiger partial charge in [-0.25, -0.2) is 0 Å². The minimum absolute atomic E-state index is 0.0127. The summed E-state index contributed by atoms with van der Waals surface area (Å²) in [6.07, 6.45) is 0.0344. The molecule has 2 saturated heterocycles. The fourth-order valence-corrected chi connectivity index (χ4v) is 1.55. The lowest BCUT2D eigenvalue weighted by atomic mass is 10.0. The Kier molecular flexibility index (Phi) is 1.85. The number of rotatable bonds is 0. The minimum atomic E-state index is -1.06. The molecule has 4 heteroatoms. The smallest absolute Gasteiger partial charge is 0.269 e. The molecule has 4 atom stereocenters. The second-order valence-corrected chi connectivity index (χ2v) is 3.09. The van der Waals surface area contributed by atoms with Crippen LogP contribution in [0.5, 0.6) is 0 Å². The van der Waals surface area contributed by atoms with Crippen molar-refractivity contribution in [2.75, 3.05) is 13.2 Å². The summed E-state index contributed by atoms with van der Waals surface area (Å²) in [4.78, 5) is 0. The third-order valence-electron chi connectivity index (χ3n) is 2.18. The van der Waals surface area contributed by atoms with Crippen molar-refractivity contribution in [1.82, 2.24) is 0 Å². The highest BCUT2D eigenvalue weighted by molar-refractivity contribution is 4.83. The Balaban J connectivity index is 2.01. The SMILES string of the molecule is C[C@@H]1CO[C@@H]2COC(O)O[C@H]12. The van der Waals surface area contributed by atoms with Crippen molar-refractivity contribution < 1.29 is 19.3 Å². The molecule has 1 N–H and O–H groups in total.